The first-order valence-corrected chi connectivity index (χ1v) is 22.0. The summed E-state index contributed by atoms with van der Waals surface area (Å²) in [6.07, 6.45) is 42.1. The zero-order valence-electron chi connectivity index (χ0n) is 35.1. The van der Waals surface area contributed by atoms with Crippen molar-refractivity contribution < 1.29 is 44.2 Å². The van der Waals surface area contributed by atoms with Gasteiger partial charge in [-0.2, -0.15) is 0 Å². The minimum Gasteiger partial charge on any atom is -0.457 e. The highest BCUT2D eigenvalue weighted by Crippen LogP contribution is 2.22. The number of carbonyl (C=O) groups is 1. The second-order valence-corrected chi connectivity index (χ2v) is 14.8. The van der Waals surface area contributed by atoms with Crippen LogP contribution in [0.15, 0.2) is 72.9 Å². The SMILES string of the molecule is CC/C=C\C/C=C\C/C=C\C/C=C\C/C=C\CCCCCCOCC(COC1OC(CO)C(O)C(O)C1O)OC(=O)CCCCCCC/C=C\CCCCCC. The van der Waals surface area contributed by atoms with Crippen LogP contribution in [-0.4, -0.2) is 89.6 Å². The van der Waals surface area contributed by atoms with Crippen LogP contribution in [0.4, 0.5) is 0 Å². The summed E-state index contributed by atoms with van der Waals surface area (Å²) in [7, 11) is 0. The second kappa shape index (κ2) is 38.2. The summed E-state index contributed by atoms with van der Waals surface area (Å²) in [5.41, 5.74) is 0. The van der Waals surface area contributed by atoms with Crippen LogP contribution < -0.4 is 0 Å². The number of hydrogen-bond donors (Lipinski definition) is 4. The fourth-order valence-corrected chi connectivity index (χ4v) is 6.16. The van der Waals surface area contributed by atoms with Crippen molar-refractivity contribution in [2.45, 2.75) is 192 Å². The Labute approximate surface area is 340 Å². The first-order valence-electron chi connectivity index (χ1n) is 22.0. The van der Waals surface area contributed by atoms with Gasteiger partial charge in [0.2, 0.25) is 0 Å². The van der Waals surface area contributed by atoms with Crippen molar-refractivity contribution in [2.24, 2.45) is 0 Å². The number of unbranched alkanes of at least 4 members (excludes halogenated alkanes) is 13. The predicted molar refractivity (Wildman–Crippen MR) is 228 cm³/mol. The molecule has 0 bridgehead atoms. The van der Waals surface area contributed by atoms with Gasteiger partial charge in [-0.1, -0.05) is 138 Å². The predicted octanol–water partition coefficient (Wildman–Crippen LogP) is 9.69. The molecular formula is C47H80O9. The van der Waals surface area contributed by atoms with Gasteiger partial charge >= 0.3 is 5.97 Å². The molecule has 0 radical (unpaired) electrons. The summed E-state index contributed by atoms with van der Waals surface area (Å²) in [6.45, 7) is 4.34. The third-order valence-corrected chi connectivity index (χ3v) is 9.61. The first kappa shape index (κ1) is 51.6. The molecule has 0 aliphatic carbocycles. The lowest BCUT2D eigenvalue weighted by molar-refractivity contribution is -0.305. The van der Waals surface area contributed by atoms with Gasteiger partial charge in [-0.3, -0.25) is 4.79 Å². The normalized spacial score (nSPS) is 21.3. The Balaban J connectivity index is 2.30. The molecule has 1 fully saturated rings. The Morgan fingerprint density at radius 3 is 1.66 bits per heavy atom. The van der Waals surface area contributed by atoms with Crippen LogP contribution in [0.25, 0.3) is 0 Å². The molecule has 0 aromatic heterocycles. The van der Waals surface area contributed by atoms with E-state index in [1.807, 2.05) is 0 Å². The third-order valence-electron chi connectivity index (χ3n) is 9.61. The summed E-state index contributed by atoms with van der Waals surface area (Å²) in [6, 6.07) is 0. The summed E-state index contributed by atoms with van der Waals surface area (Å²) < 4.78 is 22.7. The zero-order chi connectivity index (χ0) is 40.7. The van der Waals surface area contributed by atoms with Crippen LogP contribution in [0.5, 0.6) is 0 Å². The zero-order valence-corrected chi connectivity index (χ0v) is 35.1. The molecule has 1 rings (SSSR count). The fourth-order valence-electron chi connectivity index (χ4n) is 6.16. The van der Waals surface area contributed by atoms with Crippen molar-refractivity contribution in [1.82, 2.24) is 0 Å². The standard InChI is InChI=1S/C47H80O9/c1-3-5-7-9-11-13-15-17-18-19-20-21-22-23-25-27-29-31-33-35-37-53-39-41(40-54-47-46(52)45(51)44(50)42(38-48)56-47)55-43(49)36-34-32-30-28-26-24-16-14-12-10-8-6-4-2/h5,7,11,13-14,16-18,20-21,23,25,41-42,44-48,50-52H,3-4,6,8-10,12,15,19,22,24,26-40H2,1-2H3/b7-5-,13-11-,16-14-,18-17-,21-20-,25-23-. The van der Waals surface area contributed by atoms with Gasteiger partial charge in [0.15, 0.2) is 6.29 Å². The monoisotopic (exact) mass is 789 g/mol. The van der Waals surface area contributed by atoms with Gasteiger partial charge in [0.25, 0.3) is 0 Å². The molecule has 4 N–H and O–H groups in total. The number of esters is 1. The molecule has 6 unspecified atom stereocenters. The van der Waals surface area contributed by atoms with E-state index < -0.39 is 43.4 Å². The molecule has 1 aliphatic rings. The molecule has 0 saturated carbocycles. The van der Waals surface area contributed by atoms with Crippen LogP contribution in [0.2, 0.25) is 0 Å². The molecule has 0 aromatic rings. The molecule has 1 aliphatic heterocycles. The highest BCUT2D eigenvalue weighted by atomic mass is 16.7. The maximum absolute atomic E-state index is 12.7. The molecule has 56 heavy (non-hydrogen) atoms. The van der Waals surface area contributed by atoms with E-state index in [0.29, 0.717) is 13.0 Å². The van der Waals surface area contributed by atoms with Crippen LogP contribution in [0, 0.1) is 0 Å². The van der Waals surface area contributed by atoms with Crippen LogP contribution in [0.1, 0.15) is 155 Å². The molecule has 0 amide bonds. The largest absolute Gasteiger partial charge is 0.457 e. The minimum atomic E-state index is -1.55. The molecule has 322 valence electrons. The van der Waals surface area contributed by atoms with E-state index in [2.05, 4.69) is 86.8 Å². The molecule has 0 aromatic carbocycles. The third kappa shape index (κ3) is 28.9. The van der Waals surface area contributed by atoms with Crippen molar-refractivity contribution in [3.8, 4) is 0 Å². The van der Waals surface area contributed by atoms with Gasteiger partial charge in [-0.05, 0) is 83.5 Å². The maximum atomic E-state index is 12.7. The second-order valence-electron chi connectivity index (χ2n) is 14.8. The van der Waals surface area contributed by atoms with Crippen molar-refractivity contribution in [2.75, 3.05) is 26.4 Å². The van der Waals surface area contributed by atoms with E-state index in [-0.39, 0.29) is 19.2 Å². The van der Waals surface area contributed by atoms with E-state index in [9.17, 15) is 25.2 Å². The number of aliphatic hydroxyl groups excluding tert-OH is 4. The smallest absolute Gasteiger partial charge is 0.306 e. The Morgan fingerprint density at radius 1 is 0.589 bits per heavy atom. The molecule has 6 atom stereocenters. The average Bonchev–Trinajstić information content (AvgIpc) is 3.20. The number of carbonyl (C=O) groups excluding carboxylic acids is 1. The molecule has 9 nitrogen and oxygen atoms in total. The molecule has 1 heterocycles. The van der Waals surface area contributed by atoms with Crippen molar-refractivity contribution in [3.63, 3.8) is 0 Å². The number of aliphatic hydroxyl groups is 4. The number of allylic oxidation sites excluding steroid dienone is 12. The van der Waals surface area contributed by atoms with E-state index in [0.717, 1.165) is 103 Å². The van der Waals surface area contributed by atoms with Gasteiger partial charge < -0.3 is 39.4 Å². The van der Waals surface area contributed by atoms with Gasteiger partial charge in [0, 0.05) is 13.0 Å². The van der Waals surface area contributed by atoms with E-state index in [1.54, 1.807) is 0 Å². The first-order chi connectivity index (χ1) is 27.4. The highest BCUT2D eigenvalue weighted by molar-refractivity contribution is 5.69. The Morgan fingerprint density at radius 2 is 1.09 bits per heavy atom. The fraction of sp³-hybridized carbons (Fsp3) is 0.723. The van der Waals surface area contributed by atoms with Crippen LogP contribution in [0.3, 0.4) is 0 Å². The Hall–Kier alpha value is -2.37. The lowest BCUT2D eigenvalue weighted by atomic mass is 9.99. The summed E-state index contributed by atoms with van der Waals surface area (Å²) in [4.78, 5) is 12.7. The van der Waals surface area contributed by atoms with Gasteiger partial charge in [0.05, 0.1) is 19.8 Å². The van der Waals surface area contributed by atoms with Crippen LogP contribution >= 0.6 is 0 Å². The Bertz CT molecular complexity index is 1080. The summed E-state index contributed by atoms with van der Waals surface area (Å²) >= 11 is 0. The lowest BCUT2D eigenvalue weighted by Gasteiger charge is -2.39. The lowest BCUT2D eigenvalue weighted by Crippen LogP contribution is -2.59. The minimum absolute atomic E-state index is 0.120. The van der Waals surface area contributed by atoms with Crippen LogP contribution in [-0.2, 0) is 23.7 Å². The van der Waals surface area contributed by atoms with Gasteiger partial charge in [0.1, 0.15) is 30.5 Å². The number of rotatable bonds is 36. The Kier molecular flexibility index (Phi) is 35.2. The summed E-state index contributed by atoms with van der Waals surface area (Å²) in [5.74, 6) is -0.336. The van der Waals surface area contributed by atoms with E-state index in [1.165, 1.54) is 32.1 Å². The quantitative estimate of drug-likeness (QED) is 0.0278. The maximum Gasteiger partial charge on any atom is 0.306 e. The van der Waals surface area contributed by atoms with E-state index in [4.69, 9.17) is 18.9 Å². The van der Waals surface area contributed by atoms with Crippen molar-refractivity contribution in [3.05, 3.63) is 72.9 Å². The van der Waals surface area contributed by atoms with Crippen molar-refractivity contribution in [1.29, 1.82) is 0 Å². The highest BCUT2D eigenvalue weighted by Gasteiger charge is 2.44. The number of hydrogen-bond acceptors (Lipinski definition) is 9. The average molecular weight is 789 g/mol. The van der Waals surface area contributed by atoms with Crippen molar-refractivity contribution >= 4 is 5.97 Å². The molecule has 9 heteroatoms. The summed E-state index contributed by atoms with van der Waals surface area (Å²) in [5, 5.41) is 40.1. The van der Waals surface area contributed by atoms with Gasteiger partial charge in [-0.25, -0.2) is 0 Å². The van der Waals surface area contributed by atoms with Gasteiger partial charge in [-0.15, -0.1) is 0 Å². The molecular weight excluding hydrogens is 709 g/mol. The molecule has 0 spiro atoms. The van der Waals surface area contributed by atoms with E-state index >= 15 is 0 Å². The topological polar surface area (TPSA) is 135 Å². The molecule has 1 saturated heterocycles. The number of ether oxygens (including phenoxy) is 4.